The van der Waals surface area contributed by atoms with Gasteiger partial charge in [0.05, 0.1) is 6.61 Å². The zero-order chi connectivity index (χ0) is 23.5. The first-order valence-corrected chi connectivity index (χ1v) is 13.9. The summed E-state index contributed by atoms with van der Waals surface area (Å²) in [5.74, 6) is 0.957. The molecule has 172 valence electrons. The first-order valence-electron chi connectivity index (χ1n) is 12.0. The Balaban J connectivity index is 1.84. The van der Waals surface area contributed by atoms with Gasteiger partial charge in [-0.1, -0.05) is 107 Å². The minimum absolute atomic E-state index is 0.0355. The van der Waals surface area contributed by atoms with E-state index in [1.807, 2.05) is 6.08 Å². The van der Waals surface area contributed by atoms with Crippen LogP contribution in [0.15, 0.2) is 91.0 Å². The highest BCUT2D eigenvalue weighted by atomic mass is 28.4. The summed E-state index contributed by atoms with van der Waals surface area (Å²) in [6.07, 6.45) is 7.36. The zero-order valence-corrected chi connectivity index (χ0v) is 21.3. The van der Waals surface area contributed by atoms with E-state index in [1.54, 1.807) is 0 Å². The van der Waals surface area contributed by atoms with Crippen molar-refractivity contribution in [3.05, 3.63) is 102 Å². The maximum Gasteiger partial charge on any atom is 0.319 e. The van der Waals surface area contributed by atoms with E-state index < -0.39 is 8.32 Å². The topological polar surface area (TPSA) is 29.5 Å². The van der Waals surface area contributed by atoms with E-state index in [2.05, 4.69) is 113 Å². The monoisotopic (exact) mass is 456 g/mol. The van der Waals surface area contributed by atoms with Gasteiger partial charge in [0.2, 0.25) is 0 Å². The Morgan fingerprint density at radius 2 is 1.55 bits per heavy atom. The van der Waals surface area contributed by atoms with E-state index in [1.165, 1.54) is 21.5 Å². The first kappa shape index (κ1) is 23.5. The van der Waals surface area contributed by atoms with E-state index in [0.29, 0.717) is 0 Å². The second-order valence-corrected chi connectivity index (χ2v) is 14.7. The van der Waals surface area contributed by atoms with Gasteiger partial charge in [-0.15, -0.1) is 0 Å². The van der Waals surface area contributed by atoms with Crippen molar-refractivity contribution in [3.8, 4) is 5.75 Å². The molecule has 1 atom stereocenters. The van der Waals surface area contributed by atoms with Crippen LogP contribution in [0.2, 0.25) is 5.04 Å². The molecule has 0 aromatic heterocycles. The summed E-state index contributed by atoms with van der Waals surface area (Å²) in [6, 6.07) is 28.3. The molecular weight excluding hydrogens is 420 g/mol. The fourth-order valence-corrected chi connectivity index (χ4v) is 9.90. The third-order valence-corrected chi connectivity index (χ3v) is 12.1. The Morgan fingerprint density at radius 3 is 2.09 bits per heavy atom. The van der Waals surface area contributed by atoms with Crippen LogP contribution in [0.5, 0.6) is 5.75 Å². The minimum atomic E-state index is -2.64. The van der Waals surface area contributed by atoms with Crippen LogP contribution in [0.4, 0.5) is 0 Å². The minimum Gasteiger partial charge on any atom is -0.534 e. The number of rotatable bonds is 6. The normalized spacial score (nSPS) is 18.8. The predicted octanol–water partition coefficient (Wildman–Crippen LogP) is 5.77. The fourth-order valence-electron chi connectivity index (χ4n) is 5.49. The lowest BCUT2D eigenvalue weighted by atomic mass is 9.71. The number of hydrogen-bond acceptors (Lipinski definition) is 2. The van der Waals surface area contributed by atoms with Crippen LogP contribution in [0, 0.1) is 0 Å². The van der Waals surface area contributed by atoms with E-state index in [0.717, 1.165) is 25.0 Å². The second kappa shape index (κ2) is 9.32. The molecule has 0 aliphatic heterocycles. The first-order chi connectivity index (χ1) is 15.8. The summed E-state index contributed by atoms with van der Waals surface area (Å²) >= 11 is 0. The van der Waals surface area contributed by atoms with Crippen molar-refractivity contribution in [2.45, 2.75) is 57.4 Å². The highest BCUT2D eigenvalue weighted by Crippen LogP contribution is 2.42. The van der Waals surface area contributed by atoms with Gasteiger partial charge in [-0.05, 0) is 57.9 Å². The number of allylic oxidation sites excluding steroid dienone is 1. The molecule has 0 amide bonds. The van der Waals surface area contributed by atoms with Crippen molar-refractivity contribution < 1.29 is 9.53 Å². The lowest BCUT2D eigenvalue weighted by Gasteiger charge is -2.43. The average molecular weight is 457 g/mol. The largest absolute Gasteiger partial charge is 0.534 e. The quantitative estimate of drug-likeness (QED) is 0.377. The summed E-state index contributed by atoms with van der Waals surface area (Å²) in [5.41, 5.74) is 2.68. The highest BCUT2D eigenvalue weighted by molar-refractivity contribution is 7.00. The van der Waals surface area contributed by atoms with Gasteiger partial charge < -0.3 is 9.53 Å². The van der Waals surface area contributed by atoms with Crippen LogP contribution < -0.4 is 14.8 Å². The SMILES string of the molecule is CC1(C=CCO)CCCc2cc(O[Si](c3ccccc3)(c3ccccc3)C(C)(C)C)ccc21. The van der Waals surface area contributed by atoms with Gasteiger partial charge in [0.15, 0.2) is 0 Å². The fraction of sp³-hybridized carbons (Fsp3) is 0.333. The molecular formula is C30H36O2Si. The molecule has 0 fully saturated rings. The standard InChI is InChI=1S/C30H36O2Si/c1-29(2,3)33(26-14-7-5-8-15-26,27-16-9-6-10-17-27)32-25-18-19-28-24(23-25)13-11-20-30(28,4)21-12-22-31/h5-10,12,14-19,21,23,31H,11,13,20,22H2,1-4H3. The number of benzene rings is 3. The van der Waals surface area contributed by atoms with Crippen molar-refractivity contribution in [2.75, 3.05) is 6.61 Å². The van der Waals surface area contributed by atoms with Gasteiger partial charge in [0.25, 0.3) is 0 Å². The average Bonchev–Trinajstić information content (AvgIpc) is 2.82. The molecule has 2 nitrogen and oxygen atoms in total. The van der Waals surface area contributed by atoms with Gasteiger partial charge in [0, 0.05) is 5.41 Å². The molecule has 3 aromatic rings. The Bertz CT molecular complexity index is 1060. The molecule has 33 heavy (non-hydrogen) atoms. The molecule has 1 aliphatic carbocycles. The summed E-state index contributed by atoms with van der Waals surface area (Å²) < 4.78 is 7.23. The third kappa shape index (κ3) is 4.45. The smallest absolute Gasteiger partial charge is 0.319 e. The number of aryl methyl sites for hydroxylation is 1. The molecule has 0 bridgehead atoms. The van der Waals surface area contributed by atoms with Crippen molar-refractivity contribution in [1.29, 1.82) is 0 Å². The molecule has 0 radical (unpaired) electrons. The van der Waals surface area contributed by atoms with E-state index in [-0.39, 0.29) is 17.1 Å². The van der Waals surface area contributed by atoms with Crippen molar-refractivity contribution in [2.24, 2.45) is 0 Å². The van der Waals surface area contributed by atoms with E-state index in [9.17, 15) is 5.11 Å². The molecule has 0 spiro atoms. The van der Waals surface area contributed by atoms with Crippen molar-refractivity contribution >= 4 is 18.7 Å². The van der Waals surface area contributed by atoms with Crippen LogP contribution >= 0.6 is 0 Å². The van der Waals surface area contributed by atoms with Gasteiger partial charge in [-0.3, -0.25) is 0 Å². The van der Waals surface area contributed by atoms with Crippen LogP contribution in [0.25, 0.3) is 0 Å². The van der Waals surface area contributed by atoms with Crippen LogP contribution in [0.1, 0.15) is 51.7 Å². The Labute approximate surface area is 200 Å². The van der Waals surface area contributed by atoms with Crippen molar-refractivity contribution in [1.82, 2.24) is 0 Å². The number of aliphatic hydroxyl groups excluding tert-OH is 1. The molecule has 3 heteroatoms. The highest BCUT2D eigenvalue weighted by Gasteiger charge is 2.52. The third-order valence-electron chi connectivity index (χ3n) is 7.11. The number of hydrogen-bond donors (Lipinski definition) is 1. The van der Waals surface area contributed by atoms with Gasteiger partial charge in [0.1, 0.15) is 5.75 Å². The summed E-state index contributed by atoms with van der Waals surface area (Å²) in [6.45, 7) is 9.30. The van der Waals surface area contributed by atoms with Crippen LogP contribution in [-0.2, 0) is 11.8 Å². The van der Waals surface area contributed by atoms with Crippen LogP contribution in [-0.4, -0.2) is 20.0 Å². The lowest BCUT2D eigenvalue weighted by Crippen LogP contribution is -2.68. The van der Waals surface area contributed by atoms with Gasteiger partial charge >= 0.3 is 8.32 Å². The summed E-state index contributed by atoms with van der Waals surface area (Å²) in [5, 5.41) is 11.8. The van der Waals surface area contributed by atoms with E-state index in [4.69, 9.17) is 4.43 Å². The Kier molecular flexibility index (Phi) is 6.65. The maximum absolute atomic E-state index is 9.32. The van der Waals surface area contributed by atoms with Gasteiger partial charge in [-0.2, -0.15) is 0 Å². The molecule has 0 saturated heterocycles. The molecule has 0 heterocycles. The Hall–Kier alpha value is -2.62. The molecule has 3 aromatic carbocycles. The predicted molar refractivity (Wildman–Crippen MR) is 141 cm³/mol. The molecule has 1 unspecified atom stereocenters. The summed E-state index contributed by atoms with van der Waals surface area (Å²) in [4.78, 5) is 0. The maximum atomic E-state index is 9.32. The second-order valence-electron chi connectivity index (χ2n) is 10.4. The van der Waals surface area contributed by atoms with E-state index >= 15 is 0 Å². The zero-order valence-electron chi connectivity index (χ0n) is 20.3. The lowest BCUT2D eigenvalue weighted by molar-refractivity contribution is 0.340. The van der Waals surface area contributed by atoms with Crippen molar-refractivity contribution in [3.63, 3.8) is 0 Å². The summed E-state index contributed by atoms with van der Waals surface area (Å²) in [7, 11) is -2.64. The Morgan fingerprint density at radius 1 is 0.939 bits per heavy atom. The number of aliphatic hydroxyl groups is 1. The molecule has 1 aliphatic rings. The van der Waals surface area contributed by atoms with Gasteiger partial charge in [-0.25, -0.2) is 0 Å². The molecule has 0 saturated carbocycles. The molecule has 1 N–H and O–H groups in total. The number of fused-ring (bicyclic) bond motifs is 1. The van der Waals surface area contributed by atoms with Crippen LogP contribution in [0.3, 0.4) is 0 Å². The molecule has 4 rings (SSSR count).